The number of hydrogen-bond acceptors (Lipinski definition) is 5. The number of fused-ring (bicyclic) bond motifs is 1. The number of urea groups is 1. The largest absolute Gasteiger partial charge is 0.336 e. The van der Waals surface area contributed by atoms with Gasteiger partial charge in [0.2, 0.25) is 5.91 Å². The number of piperidine rings is 1. The molecular formula is C19H34N4O3. The zero-order valence-electron chi connectivity index (χ0n) is 16.8. The van der Waals surface area contributed by atoms with Crippen molar-refractivity contribution in [2.45, 2.75) is 51.6 Å². The third kappa shape index (κ3) is 4.82. The van der Waals surface area contributed by atoms with Crippen LogP contribution in [0.25, 0.3) is 0 Å². The minimum Gasteiger partial charge on any atom is -0.336 e. The summed E-state index contributed by atoms with van der Waals surface area (Å²) in [4.78, 5) is 42.9. The van der Waals surface area contributed by atoms with Crippen LogP contribution in [0.15, 0.2) is 0 Å². The van der Waals surface area contributed by atoms with E-state index in [-0.39, 0.29) is 29.8 Å². The summed E-state index contributed by atoms with van der Waals surface area (Å²) < 4.78 is 0. The van der Waals surface area contributed by atoms with E-state index in [0.29, 0.717) is 50.7 Å². The molecule has 1 saturated carbocycles. The van der Waals surface area contributed by atoms with E-state index in [1.165, 1.54) is 4.90 Å². The maximum Gasteiger partial charge on any atom is 0.324 e. The number of imide groups is 1. The van der Waals surface area contributed by atoms with Gasteiger partial charge in [-0.2, -0.15) is 0 Å². The Morgan fingerprint density at radius 3 is 2.65 bits per heavy atom. The van der Waals surface area contributed by atoms with Gasteiger partial charge in [-0.3, -0.25) is 14.5 Å². The Hall–Kier alpha value is -1.47. The van der Waals surface area contributed by atoms with Crippen LogP contribution >= 0.6 is 0 Å². The monoisotopic (exact) mass is 366 g/mol. The average Bonchev–Trinajstić information content (AvgIpc) is 2.59. The fourth-order valence-corrected chi connectivity index (χ4v) is 4.13. The molecule has 1 saturated heterocycles. The number of carbonyl (C=O) groups is 3. The highest BCUT2D eigenvalue weighted by Gasteiger charge is 2.41. The van der Waals surface area contributed by atoms with Gasteiger partial charge in [-0.25, -0.2) is 4.79 Å². The Labute approximate surface area is 157 Å². The number of carbonyl (C=O) groups excluding carboxylic acids is 3. The van der Waals surface area contributed by atoms with Crippen molar-refractivity contribution in [1.29, 1.82) is 0 Å². The van der Waals surface area contributed by atoms with Gasteiger partial charge in [0.15, 0.2) is 0 Å². The fourth-order valence-electron chi connectivity index (χ4n) is 4.13. The summed E-state index contributed by atoms with van der Waals surface area (Å²) in [5, 5.41) is 2.87. The molecule has 2 rings (SSSR count). The van der Waals surface area contributed by atoms with Gasteiger partial charge in [-0.1, -0.05) is 0 Å². The minimum absolute atomic E-state index is 0.120. The van der Waals surface area contributed by atoms with Crippen LogP contribution in [0, 0.1) is 11.8 Å². The molecule has 3 amide bonds. The van der Waals surface area contributed by atoms with E-state index in [1.54, 1.807) is 0 Å². The van der Waals surface area contributed by atoms with Crippen molar-refractivity contribution in [2.24, 2.45) is 11.8 Å². The number of ketones is 1. The molecule has 0 aromatic rings. The Kier molecular flexibility index (Phi) is 7.17. The third-order valence-electron chi connectivity index (χ3n) is 6.02. The fraction of sp³-hybridized carbons (Fsp3) is 0.842. The molecule has 7 heteroatoms. The molecule has 148 valence electrons. The molecule has 0 aromatic carbocycles. The molecule has 0 aromatic heterocycles. The average molecular weight is 367 g/mol. The molecule has 2 fully saturated rings. The number of nitrogens with zero attached hydrogens (tertiary/aromatic N) is 3. The Bertz CT molecular complexity index is 537. The van der Waals surface area contributed by atoms with E-state index in [2.05, 4.69) is 10.2 Å². The lowest BCUT2D eigenvalue weighted by atomic mass is 9.74. The SMILES string of the molecule is CCN(C(=O)NC[C@H](C)N(C)C)C(=O)[C@@H]1C[C@@H]2CC(=O)CC[C@H]2N(C)C1. The topological polar surface area (TPSA) is 73.0 Å². The highest BCUT2D eigenvalue weighted by atomic mass is 16.2. The molecule has 7 nitrogen and oxygen atoms in total. The van der Waals surface area contributed by atoms with Gasteiger partial charge in [0.25, 0.3) is 0 Å². The second-order valence-corrected chi connectivity index (χ2v) is 8.06. The number of amides is 3. The van der Waals surface area contributed by atoms with Crippen molar-refractivity contribution >= 4 is 17.7 Å². The molecule has 4 atom stereocenters. The first-order chi connectivity index (χ1) is 12.2. The van der Waals surface area contributed by atoms with E-state index in [9.17, 15) is 14.4 Å². The maximum atomic E-state index is 13.0. The predicted octanol–water partition coefficient (Wildman–Crippen LogP) is 1.18. The zero-order chi connectivity index (χ0) is 19.4. The summed E-state index contributed by atoms with van der Waals surface area (Å²) in [6.07, 6.45) is 2.81. The third-order valence-corrected chi connectivity index (χ3v) is 6.02. The van der Waals surface area contributed by atoms with Gasteiger partial charge in [0.1, 0.15) is 5.78 Å². The molecule has 1 heterocycles. The van der Waals surface area contributed by atoms with E-state index < -0.39 is 0 Å². The second-order valence-electron chi connectivity index (χ2n) is 8.06. The molecule has 0 unspecified atom stereocenters. The van der Waals surface area contributed by atoms with Gasteiger partial charge in [-0.05, 0) is 53.8 Å². The molecule has 0 spiro atoms. The molecule has 0 bridgehead atoms. The van der Waals surface area contributed by atoms with E-state index in [1.807, 2.05) is 39.9 Å². The molecule has 2 aliphatic rings. The van der Waals surface area contributed by atoms with Crippen LogP contribution in [0.2, 0.25) is 0 Å². The Balaban J connectivity index is 1.98. The number of hydrogen-bond donors (Lipinski definition) is 1. The standard InChI is InChI=1S/C19H34N4O3/c1-6-23(19(26)20-11-13(2)21(3)4)18(25)15-9-14-10-16(24)7-8-17(14)22(5)12-15/h13-15,17H,6-12H2,1-5H3,(H,20,26)/t13-,14+,15+,17+/m0/s1. The van der Waals surface area contributed by atoms with Crippen LogP contribution in [0.4, 0.5) is 4.79 Å². The summed E-state index contributed by atoms with van der Waals surface area (Å²) in [6, 6.07) is 0.264. The van der Waals surface area contributed by atoms with Crippen molar-refractivity contribution in [3.8, 4) is 0 Å². The van der Waals surface area contributed by atoms with E-state index in [4.69, 9.17) is 0 Å². The Morgan fingerprint density at radius 1 is 1.35 bits per heavy atom. The maximum absolute atomic E-state index is 13.0. The van der Waals surface area contributed by atoms with Crippen LogP contribution in [0.1, 0.15) is 39.5 Å². The summed E-state index contributed by atoms with van der Waals surface area (Å²) in [7, 11) is 5.95. The van der Waals surface area contributed by atoms with Crippen LogP contribution in [0.3, 0.4) is 0 Å². The highest BCUT2D eigenvalue weighted by Crippen LogP contribution is 2.36. The first kappa shape index (κ1) is 20.8. The molecule has 0 radical (unpaired) electrons. The summed E-state index contributed by atoms with van der Waals surface area (Å²) in [5.41, 5.74) is 0. The lowest BCUT2D eigenvalue weighted by Crippen LogP contribution is -2.55. The predicted molar refractivity (Wildman–Crippen MR) is 101 cm³/mol. The lowest BCUT2D eigenvalue weighted by Gasteiger charge is -2.45. The number of rotatable bonds is 5. The Morgan fingerprint density at radius 2 is 2.04 bits per heavy atom. The van der Waals surface area contributed by atoms with Crippen molar-refractivity contribution < 1.29 is 14.4 Å². The van der Waals surface area contributed by atoms with Crippen molar-refractivity contribution in [1.82, 2.24) is 20.0 Å². The van der Waals surface area contributed by atoms with Crippen LogP contribution in [0.5, 0.6) is 0 Å². The van der Waals surface area contributed by atoms with Crippen molar-refractivity contribution in [3.63, 3.8) is 0 Å². The molecule has 1 N–H and O–H groups in total. The van der Waals surface area contributed by atoms with Gasteiger partial charge in [0.05, 0.1) is 5.92 Å². The van der Waals surface area contributed by atoms with Crippen LogP contribution < -0.4 is 5.32 Å². The lowest BCUT2D eigenvalue weighted by molar-refractivity contribution is -0.138. The van der Waals surface area contributed by atoms with Crippen LogP contribution in [-0.2, 0) is 9.59 Å². The number of likely N-dealkylation sites (N-methyl/N-ethyl adjacent to an activating group) is 1. The number of likely N-dealkylation sites (tertiary alicyclic amines) is 1. The van der Waals surface area contributed by atoms with Gasteiger partial charge < -0.3 is 15.1 Å². The summed E-state index contributed by atoms with van der Waals surface area (Å²) >= 11 is 0. The van der Waals surface area contributed by atoms with Crippen LogP contribution in [-0.4, -0.2) is 85.3 Å². The highest BCUT2D eigenvalue weighted by molar-refractivity contribution is 5.95. The normalized spacial score (nSPS) is 27.8. The van der Waals surface area contributed by atoms with E-state index >= 15 is 0 Å². The van der Waals surface area contributed by atoms with Crippen molar-refractivity contribution in [2.75, 3.05) is 40.8 Å². The second kappa shape index (κ2) is 8.95. The summed E-state index contributed by atoms with van der Waals surface area (Å²) in [5.74, 6) is 0.199. The summed E-state index contributed by atoms with van der Waals surface area (Å²) in [6.45, 7) is 5.36. The minimum atomic E-state index is -0.323. The number of nitrogens with one attached hydrogen (secondary N) is 1. The van der Waals surface area contributed by atoms with Gasteiger partial charge in [-0.15, -0.1) is 0 Å². The van der Waals surface area contributed by atoms with Gasteiger partial charge in [0, 0.05) is 44.6 Å². The smallest absolute Gasteiger partial charge is 0.324 e. The number of Topliss-reactive ketones (excluding diaryl/α,β-unsaturated/α-hetero) is 1. The molecular weight excluding hydrogens is 332 g/mol. The zero-order valence-corrected chi connectivity index (χ0v) is 16.8. The van der Waals surface area contributed by atoms with Crippen molar-refractivity contribution in [3.05, 3.63) is 0 Å². The molecule has 1 aliphatic heterocycles. The van der Waals surface area contributed by atoms with E-state index in [0.717, 1.165) is 6.42 Å². The molecule has 1 aliphatic carbocycles. The quantitative estimate of drug-likeness (QED) is 0.791. The molecule has 26 heavy (non-hydrogen) atoms. The first-order valence-corrected chi connectivity index (χ1v) is 9.72. The van der Waals surface area contributed by atoms with Gasteiger partial charge >= 0.3 is 6.03 Å². The first-order valence-electron chi connectivity index (χ1n) is 9.72.